The van der Waals surface area contributed by atoms with Crippen molar-refractivity contribution in [1.29, 1.82) is 0 Å². The Hall–Kier alpha value is -0.565. The van der Waals surface area contributed by atoms with Crippen LogP contribution in [0.2, 0.25) is 0 Å². The Kier molecular flexibility index (Phi) is 3.33. The van der Waals surface area contributed by atoms with E-state index in [0.29, 0.717) is 5.47 Å². The summed E-state index contributed by atoms with van der Waals surface area (Å²) in [6.45, 7) is 0. The van der Waals surface area contributed by atoms with Crippen molar-refractivity contribution in [2.45, 2.75) is 0 Å². The lowest BCUT2D eigenvalue weighted by molar-refractivity contribution is -0.556. The molecule has 2 nitrogen and oxygen atoms in total. The van der Waals surface area contributed by atoms with Gasteiger partial charge in [0.2, 0.25) is 0 Å². The van der Waals surface area contributed by atoms with Gasteiger partial charge in [-0.25, -0.2) is 0 Å². The highest BCUT2D eigenvalue weighted by Crippen LogP contribution is 1.64. The molecule has 0 rings (SSSR count). The molecule has 2 radical (unpaired) electrons. The zero-order valence-corrected chi connectivity index (χ0v) is 4.39. The summed E-state index contributed by atoms with van der Waals surface area (Å²) in [6.07, 6.45) is 3.10. The summed E-state index contributed by atoms with van der Waals surface area (Å²) in [4.78, 5) is 0. The average Bonchev–Trinajstić information content (AvgIpc) is 1.68. The highest BCUT2D eigenvalue weighted by Gasteiger charge is 1.80. The zero-order chi connectivity index (χ0) is 5.70. The summed E-state index contributed by atoms with van der Waals surface area (Å²) in [5.74, 6) is 0. The Balaban J connectivity index is 3.49. The fourth-order valence-corrected chi connectivity index (χ4v) is 0.248. The highest BCUT2D eigenvalue weighted by molar-refractivity contribution is 6.31. The van der Waals surface area contributed by atoms with Gasteiger partial charge < -0.3 is 5.32 Å². The maximum absolute atomic E-state index is 5.23. The van der Waals surface area contributed by atoms with Gasteiger partial charge in [-0.05, 0) is 0 Å². The minimum Gasteiger partial charge on any atom is -0.323 e. The van der Waals surface area contributed by atoms with E-state index >= 15 is 0 Å². The van der Waals surface area contributed by atoms with E-state index in [-0.39, 0.29) is 0 Å². The molecule has 0 aliphatic carbocycles. The van der Waals surface area contributed by atoms with E-state index in [1.54, 1.807) is 6.20 Å². The summed E-state index contributed by atoms with van der Waals surface area (Å²) in [5.41, 5.74) is 0.600. The summed E-state index contributed by atoms with van der Waals surface area (Å²) in [5, 5.41) is 6.85. The van der Waals surface area contributed by atoms with Gasteiger partial charge in [0.1, 0.15) is 7.85 Å². The summed E-state index contributed by atoms with van der Waals surface area (Å²) in [7, 11) is 7.12. The number of hydrogen-bond donors (Lipinski definition) is 2. The standard InChI is InChI=1S/C4H7BN2/c1-7-3-4(5)2-6/h2-3,6-7H,1H3/p+2. The first-order valence-corrected chi connectivity index (χ1v) is 2.11. The molecule has 0 aliphatic rings. The normalized spacial score (nSPS) is 11.3. The third kappa shape index (κ3) is 3.26. The molecule has 0 saturated heterocycles. The van der Waals surface area contributed by atoms with Gasteiger partial charge in [-0.2, -0.15) is 0 Å². The predicted octanol–water partition coefficient (Wildman–Crippen LogP) is -2.98. The Bertz CT molecular complexity index is 87.7. The molecule has 0 bridgehead atoms. The molecular formula is C4H9BN2+2. The Morgan fingerprint density at radius 3 is 2.57 bits per heavy atom. The van der Waals surface area contributed by atoms with Crippen LogP contribution in [0.1, 0.15) is 0 Å². The van der Waals surface area contributed by atoms with Crippen LogP contribution in [0.4, 0.5) is 0 Å². The monoisotopic (exact) mass is 96.1 g/mol. The van der Waals surface area contributed by atoms with E-state index in [1.807, 2.05) is 12.4 Å². The van der Waals surface area contributed by atoms with E-state index < -0.39 is 0 Å². The van der Waals surface area contributed by atoms with Crippen molar-refractivity contribution in [3.63, 3.8) is 0 Å². The van der Waals surface area contributed by atoms with Crippen LogP contribution in [0.5, 0.6) is 0 Å². The Morgan fingerprint density at radius 1 is 1.86 bits per heavy atom. The maximum atomic E-state index is 5.23. The molecule has 0 heterocycles. The third-order valence-corrected chi connectivity index (χ3v) is 0.552. The quantitative estimate of drug-likeness (QED) is 0.272. The zero-order valence-electron chi connectivity index (χ0n) is 4.39. The predicted molar refractivity (Wildman–Crippen MR) is 29.7 cm³/mol. The minimum absolute atomic E-state index is 0.600. The first kappa shape index (κ1) is 6.43. The van der Waals surface area contributed by atoms with Crippen LogP contribution >= 0.6 is 0 Å². The van der Waals surface area contributed by atoms with Crippen molar-refractivity contribution >= 4 is 14.1 Å². The van der Waals surface area contributed by atoms with Crippen LogP contribution in [0, 0.1) is 0 Å². The Labute approximate surface area is 44.5 Å². The van der Waals surface area contributed by atoms with Crippen molar-refractivity contribution in [3.05, 3.63) is 11.7 Å². The number of nitrogens with two attached hydrogens (primary N) is 2. The third-order valence-electron chi connectivity index (χ3n) is 0.552. The smallest absolute Gasteiger partial charge is 0.158 e. The molecule has 0 amide bonds. The van der Waals surface area contributed by atoms with Crippen LogP contribution in [0.3, 0.4) is 0 Å². The second kappa shape index (κ2) is 3.62. The van der Waals surface area contributed by atoms with Crippen molar-refractivity contribution in [3.8, 4) is 0 Å². The number of hydrogen-bond acceptors (Lipinski definition) is 0. The van der Waals surface area contributed by atoms with Crippen molar-refractivity contribution in [1.82, 2.24) is 0 Å². The van der Waals surface area contributed by atoms with Gasteiger partial charge in [-0.3, -0.25) is 5.41 Å². The lowest BCUT2D eigenvalue weighted by atomic mass is 9.99. The van der Waals surface area contributed by atoms with Gasteiger partial charge >= 0.3 is 0 Å². The van der Waals surface area contributed by atoms with Gasteiger partial charge in [0.05, 0.1) is 13.2 Å². The molecule has 0 fully saturated rings. The van der Waals surface area contributed by atoms with Gasteiger partial charge in [0.25, 0.3) is 0 Å². The second-order valence-corrected chi connectivity index (χ2v) is 1.17. The molecule has 36 valence electrons. The van der Waals surface area contributed by atoms with Gasteiger partial charge in [0, 0.05) is 5.47 Å². The van der Waals surface area contributed by atoms with E-state index in [1.165, 1.54) is 6.21 Å². The summed E-state index contributed by atoms with van der Waals surface area (Å²) >= 11 is 0. The molecular weight excluding hydrogens is 86.9 g/mol. The molecule has 0 spiro atoms. The first-order chi connectivity index (χ1) is 3.31. The SMILES string of the molecule is [B]C(C=[NH2+])=C[NH2+]C. The topological polar surface area (TPSA) is 42.2 Å². The summed E-state index contributed by atoms with van der Waals surface area (Å²) < 4.78 is 0. The lowest BCUT2D eigenvalue weighted by Gasteiger charge is -1.78. The number of allylic oxidation sites excluding steroid dienone is 1. The molecule has 0 atom stereocenters. The molecule has 0 saturated carbocycles. The first-order valence-electron chi connectivity index (χ1n) is 2.11. The summed E-state index contributed by atoms with van der Waals surface area (Å²) in [6, 6.07) is 0. The van der Waals surface area contributed by atoms with Gasteiger partial charge in [-0.1, -0.05) is 0 Å². The van der Waals surface area contributed by atoms with Crippen LogP contribution < -0.4 is 10.7 Å². The molecule has 0 unspecified atom stereocenters. The molecule has 4 N–H and O–H groups in total. The highest BCUT2D eigenvalue weighted by atomic mass is 14.8. The molecule has 0 aromatic carbocycles. The molecule has 3 heteroatoms. The Morgan fingerprint density at radius 2 is 2.43 bits per heavy atom. The van der Waals surface area contributed by atoms with E-state index in [9.17, 15) is 0 Å². The van der Waals surface area contributed by atoms with Crippen LogP contribution in [0.25, 0.3) is 0 Å². The van der Waals surface area contributed by atoms with Crippen LogP contribution in [0.15, 0.2) is 11.7 Å². The van der Waals surface area contributed by atoms with Crippen molar-refractivity contribution in [2.24, 2.45) is 0 Å². The molecule has 0 aliphatic heterocycles. The average molecular weight is 95.9 g/mol. The van der Waals surface area contributed by atoms with Gasteiger partial charge in [-0.15, -0.1) is 0 Å². The van der Waals surface area contributed by atoms with E-state index in [4.69, 9.17) is 13.3 Å². The minimum atomic E-state index is 0.600. The largest absolute Gasteiger partial charge is 0.323 e. The fraction of sp³-hybridized carbons (Fsp3) is 0.250. The lowest BCUT2D eigenvalue weighted by Crippen LogP contribution is -2.73. The van der Waals surface area contributed by atoms with Crippen molar-refractivity contribution in [2.75, 3.05) is 7.05 Å². The van der Waals surface area contributed by atoms with E-state index in [0.717, 1.165) is 0 Å². The van der Waals surface area contributed by atoms with Crippen molar-refractivity contribution < 1.29 is 10.7 Å². The van der Waals surface area contributed by atoms with Crippen LogP contribution in [-0.2, 0) is 0 Å². The van der Waals surface area contributed by atoms with Crippen LogP contribution in [-0.4, -0.2) is 21.1 Å². The number of rotatable bonds is 2. The van der Waals surface area contributed by atoms with Gasteiger partial charge in [0.15, 0.2) is 6.21 Å². The molecule has 0 aromatic heterocycles. The van der Waals surface area contributed by atoms with E-state index in [2.05, 4.69) is 0 Å². The fourth-order valence-electron chi connectivity index (χ4n) is 0.248. The maximum Gasteiger partial charge on any atom is 0.158 e. The second-order valence-electron chi connectivity index (χ2n) is 1.17. The number of quaternary nitrogens is 1. The molecule has 7 heavy (non-hydrogen) atoms. The molecule has 0 aromatic rings.